The van der Waals surface area contributed by atoms with Crippen molar-refractivity contribution in [1.82, 2.24) is 15.3 Å². The van der Waals surface area contributed by atoms with E-state index in [9.17, 15) is 13.2 Å². The zero-order chi connectivity index (χ0) is 21.1. The lowest BCUT2D eigenvalue weighted by Crippen LogP contribution is -2.26. The Kier molecular flexibility index (Phi) is 6.40. The molecule has 0 fully saturated rings. The lowest BCUT2D eigenvalue weighted by molar-refractivity contribution is 0.0964. The van der Waals surface area contributed by atoms with Crippen LogP contribution in [0.5, 0.6) is 0 Å². The van der Waals surface area contributed by atoms with Gasteiger partial charge in [-0.05, 0) is 30.7 Å². The van der Waals surface area contributed by atoms with Crippen LogP contribution in [0.3, 0.4) is 0 Å². The summed E-state index contributed by atoms with van der Waals surface area (Å²) in [5, 5.41) is 3.08. The topological polar surface area (TPSA) is 105 Å². The second-order valence-electron chi connectivity index (χ2n) is 5.81. The third kappa shape index (κ3) is 3.99. The molecule has 9 heteroatoms. The van der Waals surface area contributed by atoms with Crippen LogP contribution in [0.2, 0.25) is 0 Å². The molecular formula is C19H24N4O4S. The zero-order valence-corrected chi connectivity index (χ0v) is 17.6. The molecule has 3 rings (SSSR count). The van der Waals surface area contributed by atoms with E-state index in [0.29, 0.717) is 22.2 Å². The summed E-state index contributed by atoms with van der Waals surface area (Å²) >= 11 is 0. The van der Waals surface area contributed by atoms with Crippen molar-refractivity contribution in [1.29, 1.82) is 0 Å². The number of carbonyl (C=O) groups is 1. The third-order valence-corrected chi connectivity index (χ3v) is 5.16. The number of carbonyl (C=O) groups excluding carboxylic acids is 1. The van der Waals surface area contributed by atoms with Crippen LogP contribution in [0.15, 0.2) is 34.9 Å². The Labute approximate surface area is 164 Å². The Morgan fingerprint density at radius 3 is 2.46 bits per heavy atom. The Morgan fingerprint density at radius 1 is 1.25 bits per heavy atom. The van der Waals surface area contributed by atoms with Gasteiger partial charge < -0.3 is 9.73 Å². The van der Waals surface area contributed by atoms with Crippen LogP contribution >= 0.6 is 0 Å². The van der Waals surface area contributed by atoms with Crippen LogP contribution in [0.1, 0.15) is 29.8 Å². The van der Waals surface area contributed by atoms with Crippen molar-refractivity contribution in [3.05, 3.63) is 41.6 Å². The summed E-state index contributed by atoms with van der Waals surface area (Å²) < 4.78 is 30.6. The maximum absolute atomic E-state index is 12.4. The largest absolute Gasteiger partial charge is 0.435 e. The molecule has 0 aromatic carbocycles. The molecule has 150 valence electrons. The number of furan rings is 1. The fraction of sp³-hybridized carbons (Fsp3) is 0.316. The minimum absolute atomic E-state index is 0.167. The van der Waals surface area contributed by atoms with Gasteiger partial charge in [0.05, 0.1) is 17.2 Å². The summed E-state index contributed by atoms with van der Waals surface area (Å²) in [6.07, 6.45) is 2.69. The van der Waals surface area contributed by atoms with Crippen molar-refractivity contribution < 1.29 is 17.6 Å². The summed E-state index contributed by atoms with van der Waals surface area (Å²) in [6.45, 7) is 5.73. The first-order valence-corrected chi connectivity index (χ1v) is 10.6. The first-order valence-electron chi connectivity index (χ1n) is 8.75. The summed E-state index contributed by atoms with van der Waals surface area (Å²) in [5.74, 6) is 0.186. The fourth-order valence-corrected chi connectivity index (χ4v) is 3.12. The van der Waals surface area contributed by atoms with Crippen molar-refractivity contribution in [2.45, 2.75) is 20.8 Å². The molecule has 0 unspecified atom stereocenters. The van der Waals surface area contributed by atoms with Gasteiger partial charge in [0, 0.05) is 20.3 Å². The van der Waals surface area contributed by atoms with E-state index in [1.807, 2.05) is 13.8 Å². The second kappa shape index (κ2) is 8.39. The minimum atomic E-state index is -3.49. The highest BCUT2D eigenvalue weighted by Gasteiger charge is 2.25. The van der Waals surface area contributed by atoms with Crippen LogP contribution < -0.4 is 9.62 Å². The van der Waals surface area contributed by atoms with Crippen LogP contribution in [0, 0.1) is 6.92 Å². The minimum Gasteiger partial charge on any atom is -0.435 e. The number of aromatic nitrogens is 2. The molecule has 0 radical (unpaired) electrons. The number of aryl methyl sites for hydroxylation is 1. The first kappa shape index (κ1) is 21.4. The Morgan fingerprint density at radius 2 is 1.93 bits per heavy atom. The van der Waals surface area contributed by atoms with Crippen molar-refractivity contribution in [2.75, 3.05) is 24.7 Å². The van der Waals surface area contributed by atoms with Crippen molar-refractivity contribution in [3.63, 3.8) is 0 Å². The van der Waals surface area contributed by atoms with Crippen LogP contribution in [0.4, 0.5) is 5.82 Å². The van der Waals surface area contributed by atoms with Crippen LogP contribution in [-0.4, -0.2) is 44.6 Å². The number of fused-ring (bicyclic) bond motifs is 1. The quantitative estimate of drug-likeness (QED) is 0.717. The normalized spacial score (nSPS) is 10.9. The van der Waals surface area contributed by atoms with Crippen LogP contribution in [0.25, 0.3) is 22.6 Å². The maximum Gasteiger partial charge on any atom is 0.255 e. The number of hydrogen-bond acceptors (Lipinski definition) is 6. The van der Waals surface area contributed by atoms with Crippen LogP contribution in [-0.2, 0) is 10.0 Å². The van der Waals surface area contributed by atoms with Gasteiger partial charge in [-0.15, -0.1) is 0 Å². The molecule has 0 aliphatic carbocycles. The zero-order valence-electron chi connectivity index (χ0n) is 16.8. The van der Waals surface area contributed by atoms with Crippen molar-refractivity contribution >= 4 is 32.8 Å². The lowest BCUT2D eigenvalue weighted by atomic mass is 10.1. The highest BCUT2D eigenvalue weighted by atomic mass is 32.2. The highest BCUT2D eigenvalue weighted by molar-refractivity contribution is 7.92. The number of nitrogens with one attached hydrogen (secondary N) is 1. The maximum atomic E-state index is 12.4. The fourth-order valence-electron chi connectivity index (χ4n) is 2.62. The van der Waals surface area contributed by atoms with Gasteiger partial charge in [0.15, 0.2) is 5.76 Å². The molecule has 3 heterocycles. The number of amides is 1. The average molecular weight is 404 g/mol. The number of hydrogen-bond donors (Lipinski definition) is 1. The third-order valence-electron chi connectivity index (χ3n) is 3.99. The molecule has 8 nitrogen and oxygen atoms in total. The monoisotopic (exact) mass is 404 g/mol. The smallest absolute Gasteiger partial charge is 0.255 e. The number of nitrogens with zero attached hydrogens (tertiary/aromatic N) is 3. The molecule has 3 aromatic rings. The molecule has 3 aromatic heterocycles. The van der Waals surface area contributed by atoms with E-state index in [1.165, 1.54) is 14.1 Å². The van der Waals surface area contributed by atoms with Crippen molar-refractivity contribution in [3.8, 4) is 11.5 Å². The molecule has 0 atom stereocenters. The molecule has 0 spiro atoms. The number of pyridine rings is 2. The molecule has 0 aliphatic rings. The molecule has 0 saturated carbocycles. The summed E-state index contributed by atoms with van der Waals surface area (Å²) in [5.41, 5.74) is 1.56. The predicted octanol–water partition coefficient (Wildman–Crippen LogP) is 2.98. The Balaban J connectivity index is 0.00000136. The predicted molar refractivity (Wildman–Crippen MR) is 110 cm³/mol. The molecule has 28 heavy (non-hydrogen) atoms. The lowest BCUT2D eigenvalue weighted by Gasteiger charge is -2.17. The van der Waals surface area contributed by atoms with E-state index in [1.54, 1.807) is 37.4 Å². The Hall–Kier alpha value is -2.94. The molecule has 1 amide bonds. The van der Waals surface area contributed by atoms with Gasteiger partial charge in [-0.1, -0.05) is 19.9 Å². The molecule has 0 saturated heterocycles. The van der Waals surface area contributed by atoms with Gasteiger partial charge in [-0.3, -0.25) is 14.1 Å². The Bertz CT molecular complexity index is 1090. The highest BCUT2D eigenvalue weighted by Crippen LogP contribution is 2.34. The summed E-state index contributed by atoms with van der Waals surface area (Å²) in [4.78, 5) is 21.0. The first-order chi connectivity index (χ1) is 13.2. The van der Waals surface area contributed by atoms with Crippen molar-refractivity contribution in [2.24, 2.45) is 0 Å². The molecule has 0 bridgehead atoms. The van der Waals surface area contributed by atoms with Gasteiger partial charge in [0.1, 0.15) is 11.5 Å². The molecule has 1 N–H and O–H groups in total. The molecular weight excluding hydrogens is 380 g/mol. The van der Waals surface area contributed by atoms with E-state index in [2.05, 4.69) is 15.3 Å². The van der Waals surface area contributed by atoms with E-state index < -0.39 is 10.0 Å². The number of sulfonamides is 1. The number of anilines is 1. The van der Waals surface area contributed by atoms with Gasteiger partial charge in [0.25, 0.3) is 5.91 Å². The number of rotatable bonds is 4. The van der Waals surface area contributed by atoms with E-state index in [-0.39, 0.29) is 23.2 Å². The average Bonchev–Trinajstić information content (AvgIpc) is 3.06. The van der Waals surface area contributed by atoms with E-state index >= 15 is 0 Å². The van der Waals surface area contributed by atoms with Gasteiger partial charge in [0.2, 0.25) is 15.7 Å². The standard InChI is InChI=1S/C17H18N4O4S.C2H6/c1-10-9-11-13(16(22)18-2)14(12-7-5-6-8-19-12)25-17(11)20-15(10)21(3)26(4,23)24;1-2/h5-9H,1-4H3,(H,18,22);1-2H3. The van der Waals surface area contributed by atoms with E-state index in [4.69, 9.17) is 4.42 Å². The summed E-state index contributed by atoms with van der Waals surface area (Å²) in [6, 6.07) is 6.96. The van der Waals surface area contributed by atoms with E-state index in [0.717, 1.165) is 10.6 Å². The van der Waals surface area contributed by atoms with Gasteiger partial charge in [-0.25, -0.2) is 8.42 Å². The molecule has 0 aliphatic heterocycles. The SMILES string of the molecule is CC.CNC(=O)c1c(-c2ccccn2)oc2nc(N(C)S(C)(=O)=O)c(C)cc12. The van der Waals surface area contributed by atoms with Gasteiger partial charge >= 0.3 is 0 Å². The second-order valence-corrected chi connectivity index (χ2v) is 7.83. The summed E-state index contributed by atoms with van der Waals surface area (Å²) in [7, 11) is -0.547. The van der Waals surface area contributed by atoms with Gasteiger partial charge in [-0.2, -0.15) is 4.98 Å².